The maximum Gasteiger partial charge on any atom is 0.248 e. The number of benzene rings is 6. The van der Waals surface area contributed by atoms with Crippen LogP contribution < -0.4 is 0 Å². The van der Waals surface area contributed by atoms with Gasteiger partial charge in [0.1, 0.15) is 0 Å². The summed E-state index contributed by atoms with van der Waals surface area (Å²) in [5.41, 5.74) is 6.68. The summed E-state index contributed by atoms with van der Waals surface area (Å²) in [5.74, 6) is 1.03. The van der Waals surface area contributed by atoms with Crippen LogP contribution in [0.2, 0.25) is 0 Å². The molecule has 0 saturated carbocycles. The van der Waals surface area contributed by atoms with Crippen LogP contribution in [0.15, 0.2) is 138 Å². The standard InChI is InChI=1S/C34H22N2O/c1-3-11-23(12-4-1)31-27-15-7-9-17-29(27)32(30-18-10-8-16-28(30)31)24-19-21-26(22-20-24)34-36-35-33(37-34)25-13-5-2-6-14-25/h1-22H. The zero-order valence-corrected chi connectivity index (χ0v) is 20.0. The lowest BCUT2D eigenvalue weighted by Gasteiger charge is -2.17. The Morgan fingerprint density at radius 3 is 1.11 bits per heavy atom. The van der Waals surface area contributed by atoms with Crippen LogP contribution >= 0.6 is 0 Å². The number of nitrogens with zero attached hydrogens (tertiary/aromatic N) is 2. The van der Waals surface area contributed by atoms with Gasteiger partial charge in [0.05, 0.1) is 0 Å². The molecule has 0 bridgehead atoms. The maximum atomic E-state index is 5.98. The van der Waals surface area contributed by atoms with Crippen molar-refractivity contribution in [3.05, 3.63) is 133 Å². The summed E-state index contributed by atoms with van der Waals surface area (Å²) >= 11 is 0. The summed E-state index contributed by atoms with van der Waals surface area (Å²) < 4.78 is 5.98. The lowest BCUT2D eigenvalue weighted by Crippen LogP contribution is -1.90. The van der Waals surface area contributed by atoms with Gasteiger partial charge in [-0.05, 0) is 68.1 Å². The Hall–Kier alpha value is -5.02. The lowest BCUT2D eigenvalue weighted by atomic mass is 9.86. The molecule has 0 N–H and O–H groups in total. The molecule has 3 heteroatoms. The molecule has 0 amide bonds. The van der Waals surface area contributed by atoms with Gasteiger partial charge in [0.25, 0.3) is 0 Å². The van der Waals surface area contributed by atoms with E-state index in [9.17, 15) is 0 Å². The zero-order chi connectivity index (χ0) is 24.6. The molecule has 0 atom stereocenters. The highest BCUT2D eigenvalue weighted by Crippen LogP contribution is 2.43. The Kier molecular flexibility index (Phi) is 5.11. The Morgan fingerprint density at radius 1 is 0.324 bits per heavy atom. The fraction of sp³-hybridized carbons (Fsp3) is 0. The van der Waals surface area contributed by atoms with E-state index >= 15 is 0 Å². The van der Waals surface area contributed by atoms with Crippen LogP contribution in [0.3, 0.4) is 0 Å². The maximum absolute atomic E-state index is 5.98. The monoisotopic (exact) mass is 474 g/mol. The first kappa shape index (κ1) is 21.3. The van der Waals surface area contributed by atoms with E-state index in [1.54, 1.807) is 0 Å². The SMILES string of the molecule is c1ccc(-c2nnc(-c3ccc(-c4c5ccccc5c(-c5ccccc5)c5ccccc45)cc3)o2)cc1. The smallest absolute Gasteiger partial charge is 0.248 e. The summed E-state index contributed by atoms with van der Waals surface area (Å²) in [6.45, 7) is 0. The fourth-order valence-corrected chi connectivity index (χ4v) is 5.17. The van der Waals surface area contributed by atoms with Crippen LogP contribution in [0.5, 0.6) is 0 Å². The van der Waals surface area contributed by atoms with Gasteiger partial charge in [-0.25, -0.2) is 0 Å². The molecular formula is C34H22N2O. The van der Waals surface area contributed by atoms with Gasteiger partial charge in [0.2, 0.25) is 11.8 Å². The molecule has 37 heavy (non-hydrogen) atoms. The van der Waals surface area contributed by atoms with Crippen molar-refractivity contribution in [2.24, 2.45) is 0 Å². The Morgan fingerprint density at radius 2 is 0.649 bits per heavy atom. The molecule has 0 radical (unpaired) electrons. The van der Waals surface area contributed by atoms with E-state index in [4.69, 9.17) is 4.42 Å². The molecule has 0 saturated heterocycles. The second-order valence-corrected chi connectivity index (χ2v) is 9.06. The van der Waals surface area contributed by atoms with Gasteiger partial charge in [-0.2, -0.15) is 0 Å². The Labute approximate surface area is 214 Å². The van der Waals surface area contributed by atoms with E-state index in [0.717, 1.165) is 16.7 Å². The van der Waals surface area contributed by atoms with Gasteiger partial charge in [0, 0.05) is 11.1 Å². The minimum atomic E-state index is 0.513. The fourth-order valence-electron chi connectivity index (χ4n) is 5.17. The summed E-state index contributed by atoms with van der Waals surface area (Å²) in [6, 6.07) is 46.3. The molecule has 0 aliphatic carbocycles. The number of hydrogen-bond acceptors (Lipinski definition) is 3. The van der Waals surface area contributed by atoms with Crippen molar-refractivity contribution in [3.8, 4) is 45.2 Å². The van der Waals surface area contributed by atoms with E-state index in [2.05, 4.69) is 113 Å². The summed E-state index contributed by atoms with van der Waals surface area (Å²) in [7, 11) is 0. The van der Waals surface area contributed by atoms with Crippen LogP contribution in [0.4, 0.5) is 0 Å². The zero-order valence-electron chi connectivity index (χ0n) is 20.0. The van der Waals surface area contributed by atoms with Crippen LogP contribution in [-0.2, 0) is 0 Å². The third-order valence-corrected chi connectivity index (χ3v) is 6.86. The van der Waals surface area contributed by atoms with E-state index in [1.165, 1.54) is 38.2 Å². The summed E-state index contributed by atoms with van der Waals surface area (Å²) in [5, 5.41) is 13.5. The number of fused-ring (bicyclic) bond motifs is 2. The second-order valence-electron chi connectivity index (χ2n) is 9.06. The van der Waals surface area contributed by atoms with Crippen molar-refractivity contribution in [3.63, 3.8) is 0 Å². The predicted octanol–water partition coefficient (Wildman–Crippen LogP) is 9.04. The van der Waals surface area contributed by atoms with Crippen molar-refractivity contribution in [2.75, 3.05) is 0 Å². The van der Waals surface area contributed by atoms with Crippen LogP contribution in [0.1, 0.15) is 0 Å². The van der Waals surface area contributed by atoms with Crippen molar-refractivity contribution in [1.29, 1.82) is 0 Å². The third kappa shape index (κ3) is 3.69. The average molecular weight is 475 g/mol. The lowest BCUT2D eigenvalue weighted by molar-refractivity contribution is 0.584. The van der Waals surface area contributed by atoms with E-state index in [-0.39, 0.29) is 0 Å². The third-order valence-electron chi connectivity index (χ3n) is 6.86. The van der Waals surface area contributed by atoms with Gasteiger partial charge in [-0.1, -0.05) is 109 Å². The molecule has 0 spiro atoms. The minimum absolute atomic E-state index is 0.513. The van der Waals surface area contributed by atoms with Crippen LogP contribution in [0, 0.1) is 0 Å². The molecular weight excluding hydrogens is 452 g/mol. The quantitative estimate of drug-likeness (QED) is 0.239. The molecule has 1 heterocycles. The second kappa shape index (κ2) is 8.89. The topological polar surface area (TPSA) is 38.9 Å². The van der Waals surface area contributed by atoms with E-state index in [1.807, 2.05) is 30.3 Å². The molecule has 0 fully saturated rings. The van der Waals surface area contributed by atoms with E-state index in [0.29, 0.717) is 11.8 Å². The van der Waals surface area contributed by atoms with Crippen LogP contribution in [0.25, 0.3) is 66.7 Å². The average Bonchev–Trinajstić information content (AvgIpc) is 3.47. The Bertz CT molecular complexity index is 1800. The highest BCUT2D eigenvalue weighted by Gasteiger charge is 2.17. The number of hydrogen-bond donors (Lipinski definition) is 0. The number of rotatable bonds is 4. The van der Waals surface area contributed by atoms with E-state index < -0.39 is 0 Å². The molecule has 0 unspecified atom stereocenters. The first-order valence-electron chi connectivity index (χ1n) is 12.4. The van der Waals surface area contributed by atoms with Crippen molar-refractivity contribution in [1.82, 2.24) is 10.2 Å². The molecule has 7 aromatic rings. The highest BCUT2D eigenvalue weighted by molar-refractivity contribution is 6.21. The molecule has 0 aliphatic rings. The predicted molar refractivity (Wildman–Crippen MR) is 151 cm³/mol. The van der Waals surface area contributed by atoms with Gasteiger partial charge < -0.3 is 4.42 Å². The molecule has 6 aromatic carbocycles. The normalized spacial score (nSPS) is 11.2. The van der Waals surface area contributed by atoms with Gasteiger partial charge in [-0.3, -0.25) is 0 Å². The van der Waals surface area contributed by atoms with Crippen molar-refractivity contribution < 1.29 is 4.42 Å². The van der Waals surface area contributed by atoms with Gasteiger partial charge in [0.15, 0.2) is 0 Å². The van der Waals surface area contributed by atoms with Crippen LogP contribution in [-0.4, -0.2) is 10.2 Å². The van der Waals surface area contributed by atoms with Crippen molar-refractivity contribution >= 4 is 21.5 Å². The minimum Gasteiger partial charge on any atom is -0.416 e. The van der Waals surface area contributed by atoms with Crippen molar-refractivity contribution in [2.45, 2.75) is 0 Å². The molecule has 0 aliphatic heterocycles. The van der Waals surface area contributed by atoms with Gasteiger partial charge in [-0.15, -0.1) is 10.2 Å². The number of aromatic nitrogens is 2. The molecule has 174 valence electrons. The Balaban J connectivity index is 1.38. The molecule has 7 rings (SSSR count). The highest BCUT2D eigenvalue weighted by atomic mass is 16.4. The molecule has 1 aromatic heterocycles. The first-order chi connectivity index (χ1) is 18.4. The summed E-state index contributed by atoms with van der Waals surface area (Å²) in [6.07, 6.45) is 0. The first-order valence-corrected chi connectivity index (χ1v) is 12.4. The van der Waals surface area contributed by atoms with Gasteiger partial charge >= 0.3 is 0 Å². The molecule has 3 nitrogen and oxygen atoms in total. The summed E-state index contributed by atoms with van der Waals surface area (Å²) in [4.78, 5) is 0. The largest absolute Gasteiger partial charge is 0.416 e.